The van der Waals surface area contributed by atoms with E-state index in [0.29, 0.717) is 6.07 Å². The Bertz CT molecular complexity index is 466. The quantitative estimate of drug-likeness (QED) is 0.600. The van der Waals surface area contributed by atoms with Gasteiger partial charge in [0.2, 0.25) is 0 Å². The molecule has 0 aromatic heterocycles. The SMILES string of the molecule is COCCNC(=O)C(=O)NCc1ccc(F)cc1F. The largest absolute Gasteiger partial charge is 0.383 e. The highest BCUT2D eigenvalue weighted by Crippen LogP contribution is 2.08. The summed E-state index contributed by atoms with van der Waals surface area (Å²) in [6.07, 6.45) is 0. The van der Waals surface area contributed by atoms with Crippen LogP contribution in [-0.4, -0.2) is 32.1 Å². The molecule has 104 valence electrons. The maximum absolute atomic E-state index is 13.2. The van der Waals surface area contributed by atoms with Crippen LogP contribution in [0.2, 0.25) is 0 Å². The van der Waals surface area contributed by atoms with Gasteiger partial charge in [-0.2, -0.15) is 0 Å². The van der Waals surface area contributed by atoms with Crippen LogP contribution in [0.1, 0.15) is 5.56 Å². The molecule has 0 fully saturated rings. The summed E-state index contributed by atoms with van der Waals surface area (Å²) in [5.41, 5.74) is 0.0967. The molecule has 0 heterocycles. The summed E-state index contributed by atoms with van der Waals surface area (Å²) < 4.78 is 30.6. The van der Waals surface area contributed by atoms with E-state index in [1.54, 1.807) is 0 Å². The third-order valence-electron chi connectivity index (χ3n) is 2.25. The Hall–Kier alpha value is -2.02. The van der Waals surface area contributed by atoms with Crippen molar-refractivity contribution in [3.05, 3.63) is 35.4 Å². The number of amides is 2. The average Bonchev–Trinajstić information content (AvgIpc) is 2.37. The molecule has 1 aromatic carbocycles. The Morgan fingerprint density at radius 3 is 2.53 bits per heavy atom. The van der Waals surface area contributed by atoms with E-state index in [-0.39, 0.29) is 25.3 Å². The van der Waals surface area contributed by atoms with E-state index in [4.69, 9.17) is 4.74 Å². The minimum Gasteiger partial charge on any atom is -0.383 e. The number of ether oxygens (including phenoxy) is 1. The van der Waals surface area contributed by atoms with Gasteiger partial charge in [0.1, 0.15) is 11.6 Å². The first kappa shape index (κ1) is 15.0. The van der Waals surface area contributed by atoms with Gasteiger partial charge < -0.3 is 15.4 Å². The Morgan fingerprint density at radius 2 is 1.89 bits per heavy atom. The molecular weight excluding hydrogens is 258 g/mol. The highest BCUT2D eigenvalue weighted by Gasteiger charge is 2.13. The van der Waals surface area contributed by atoms with Crippen molar-refractivity contribution in [3.8, 4) is 0 Å². The molecular formula is C12H14F2N2O3. The lowest BCUT2D eigenvalue weighted by Crippen LogP contribution is -2.40. The van der Waals surface area contributed by atoms with E-state index in [0.717, 1.165) is 6.07 Å². The molecule has 7 heteroatoms. The van der Waals surface area contributed by atoms with Crippen LogP contribution < -0.4 is 10.6 Å². The molecule has 0 saturated heterocycles. The topological polar surface area (TPSA) is 67.4 Å². The number of carbonyl (C=O) groups excluding carboxylic acids is 2. The number of hydrogen-bond donors (Lipinski definition) is 2. The van der Waals surface area contributed by atoms with E-state index >= 15 is 0 Å². The van der Waals surface area contributed by atoms with Crippen molar-refractivity contribution in [1.82, 2.24) is 10.6 Å². The molecule has 0 aliphatic heterocycles. The highest BCUT2D eigenvalue weighted by molar-refractivity contribution is 6.35. The summed E-state index contributed by atoms with van der Waals surface area (Å²) in [5, 5.41) is 4.55. The Balaban J connectivity index is 2.43. The Kier molecular flexibility index (Phi) is 5.87. The average molecular weight is 272 g/mol. The van der Waals surface area contributed by atoms with E-state index in [2.05, 4.69) is 10.6 Å². The zero-order valence-corrected chi connectivity index (χ0v) is 10.3. The zero-order valence-electron chi connectivity index (χ0n) is 10.3. The van der Waals surface area contributed by atoms with Gasteiger partial charge in [0.25, 0.3) is 0 Å². The number of hydrogen-bond acceptors (Lipinski definition) is 3. The number of carbonyl (C=O) groups is 2. The van der Waals surface area contributed by atoms with Crippen molar-refractivity contribution in [3.63, 3.8) is 0 Å². The lowest BCUT2D eigenvalue weighted by molar-refractivity contribution is -0.139. The summed E-state index contributed by atoms with van der Waals surface area (Å²) in [7, 11) is 1.46. The van der Waals surface area contributed by atoms with Crippen molar-refractivity contribution in [2.75, 3.05) is 20.3 Å². The first-order valence-corrected chi connectivity index (χ1v) is 5.53. The summed E-state index contributed by atoms with van der Waals surface area (Å²) in [4.78, 5) is 22.6. The predicted molar refractivity (Wildman–Crippen MR) is 63.1 cm³/mol. The molecule has 1 rings (SSSR count). The van der Waals surface area contributed by atoms with E-state index < -0.39 is 23.4 Å². The van der Waals surface area contributed by atoms with Crippen LogP contribution in [0, 0.1) is 11.6 Å². The van der Waals surface area contributed by atoms with Gasteiger partial charge in [0, 0.05) is 31.8 Å². The van der Waals surface area contributed by atoms with Crippen molar-refractivity contribution in [1.29, 1.82) is 0 Å². The standard InChI is InChI=1S/C12H14F2N2O3/c1-19-5-4-15-11(17)12(18)16-7-8-2-3-9(13)6-10(8)14/h2-3,6H,4-5,7H2,1H3,(H,15,17)(H,16,18). The normalized spacial score (nSPS) is 10.1. The van der Waals surface area contributed by atoms with Gasteiger partial charge in [-0.3, -0.25) is 9.59 Å². The third kappa shape index (κ3) is 5.01. The molecule has 0 radical (unpaired) electrons. The van der Waals surface area contributed by atoms with Gasteiger partial charge in [0.05, 0.1) is 6.61 Å². The molecule has 0 spiro atoms. The first-order valence-electron chi connectivity index (χ1n) is 5.53. The fourth-order valence-corrected chi connectivity index (χ4v) is 1.27. The van der Waals surface area contributed by atoms with Gasteiger partial charge in [0.15, 0.2) is 0 Å². The summed E-state index contributed by atoms with van der Waals surface area (Å²) in [6.45, 7) is 0.294. The van der Waals surface area contributed by atoms with E-state index in [9.17, 15) is 18.4 Å². The second kappa shape index (κ2) is 7.42. The van der Waals surface area contributed by atoms with Gasteiger partial charge >= 0.3 is 11.8 Å². The first-order chi connectivity index (χ1) is 9.04. The van der Waals surface area contributed by atoms with Crippen LogP contribution in [0.3, 0.4) is 0 Å². The maximum Gasteiger partial charge on any atom is 0.309 e. The van der Waals surface area contributed by atoms with Crippen molar-refractivity contribution < 1.29 is 23.1 Å². The molecule has 0 aliphatic carbocycles. The number of methoxy groups -OCH3 is 1. The zero-order chi connectivity index (χ0) is 14.3. The van der Waals surface area contributed by atoms with E-state index in [1.807, 2.05) is 0 Å². The molecule has 1 aromatic rings. The third-order valence-corrected chi connectivity index (χ3v) is 2.25. The maximum atomic E-state index is 13.2. The molecule has 0 saturated carbocycles. The van der Waals surface area contributed by atoms with Gasteiger partial charge in [-0.15, -0.1) is 0 Å². The second-order valence-electron chi connectivity index (χ2n) is 3.67. The predicted octanol–water partition coefficient (Wildman–Crippen LogP) is 0.344. The minimum absolute atomic E-state index is 0.0967. The Morgan fingerprint density at radius 1 is 1.21 bits per heavy atom. The lowest BCUT2D eigenvalue weighted by atomic mass is 10.2. The van der Waals surface area contributed by atoms with E-state index in [1.165, 1.54) is 13.2 Å². The van der Waals surface area contributed by atoms with Crippen LogP contribution in [0.15, 0.2) is 18.2 Å². The summed E-state index contributed by atoms with van der Waals surface area (Å²) in [6, 6.07) is 2.98. The lowest BCUT2D eigenvalue weighted by Gasteiger charge is -2.07. The van der Waals surface area contributed by atoms with Crippen molar-refractivity contribution in [2.45, 2.75) is 6.54 Å². The monoisotopic (exact) mass is 272 g/mol. The van der Waals surface area contributed by atoms with Crippen LogP contribution >= 0.6 is 0 Å². The van der Waals surface area contributed by atoms with Crippen LogP contribution in [0.5, 0.6) is 0 Å². The van der Waals surface area contributed by atoms with Crippen molar-refractivity contribution >= 4 is 11.8 Å². The number of rotatable bonds is 5. The Labute approximate surface area is 108 Å². The van der Waals surface area contributed by atoms with Gasteiger partial charge in [-0.25, -0.2) is 8.78 Å². The molecule has 2 amide bonds. The summed E-state index contributed by atoms with van der Waals surface area (Å²) in [5.74, 6) is -3.20. The van der Waals surface area contributed by atoms with Crippen LogP contribution in [-0.2, 0) is 20.9 Å². The molecule has 0 aliphatic rings. The number of halogens is 2. The molecule has 2 N–H and O–H groups in total. The smallest absolute Gasteiger partial charge is 0.309 e. The van der Waals surface area contributed by atoms with Crippen LogP contribution in [0.4, 0.5) is 8.78 Å². The molecule has 0 atom stereocenters. The number of nitrogens with one attached hydrogen (secondary N) is 2. The highest BCUT2D eigenvalue weighted by atomic mass is 19.1. The summed E-state index contributed by atoms with van der Waals surface area (Å²) >= 11 is 0. The van der Waals surface area contributed by atoms with Crippen LogP contribution in [0.25, 0.3) is 0 Å². The molecule has 0 unspecified atom stereocenters. The molecule has 5 nitrogen and oxygen atoms in total. The second-order valence-corrected chi connectivity index (χ2v) is 3.67. The van der Waals surface area contributed by atoms with Gasteiger partial charge in [-0.1, -0.05) is 6.07 Å². The van der Waals surface area contributed by atoms with Crippen molar-refractivity contribution in [2.24, 2.45) is 0 Å². The number of benzene rings is 1. The van der Waals surface area contributed by atoms with Gasteiger partial charge in [-0.05, 0) is 6.07 Å². The fourth-order valence-electron chi connectivity index (χ4n) is 1.27. The minimum atomic E-state index is -0.889. The fraction of sp³-hybridized carbons (Fsp3) is 0.333. The molecule has 19 heavy (non-hydrogen) atoms. The molecule has 0 bridgehead atoms.